The molecule has 0 spiro atoms. The number of alkyl halides is 2. The summed E-state index contributed by atoms with van der Waals surface area (Å²) in [7, 11) is 0. The van der Waals surface area contributed by atoms with Crippen LogP contribution in [0.2, 0.25) is 0 Å². The Kier molecular flexibility index (Phi) is 4.61. The maximum absolute atomic E-state index is 13.1. The lowest BCUT2D eigenvalue weighted by atomic mass is 10.1. The Labute approximate surface area is 119 Å². The summed E-state index contributed by atoms with van der Waals surface area (Å²) in [5, 5.41) is 0. The van der Waals surface area contributed by atoms with Gasteiger partial charge in [-0.3, -0.25) is 4.98 Å². The molecule has 0 radical (unpaired) electrons. The molecule has 1 aromatic heterocycles. The van der Waals surface area contributed by atoms with E-state index in [1.165, 1.54) is 0 Å². The summed E-state index contributed by atoms with van der Waals surface area (Å²) in [6.45, 7) is 6.60. The third-order valence-corrected chi connectivity index (χ3v) is 3.86. The van der Waals surface area contributed by atoms with Crippen LogP contribution in [0.4, 0.5) is 8.78 Å². The lowest BCUT2D eigenvalue weighted by Gasteiger charge is -2.15. The number of aryl methyl sites for hydroxylation is 1. The van der Waals surface area contributed by atoms with Gasteiger partial charge < -0.3 is 4.74 Å². The van der Waals surface area contributed by atoms with Crippen LogP contribution >= 0.6 is 0 Å². The van der Waals surface area contributed by atoms with Gasteiger partial charge in [0, 0.05) is 18.5 Å². The molecular formula is C16H23F2NO. The van der Waals surface area contributed by atoms with Crippen molar-refractivity contribution in [2.75, 3.05) is 6.61 Å². The fraction of sp³-hybridized carbons (Fsp3) is 0.688. The second kappa shape index (κ2) is 6.06. The number of halogens is 2. The minimum Gasteiger partial charge on any atom is -0.491 e. The van der Waals surface area contributed by atoms with E-state index in [9.17, 15) is 8.78 Å². The molecule has 0 aliphatic heterocycles. The summed E-state index contributed by atoms with van der Waals surface area (Å²) in [6, 6.07) is 3.89. The highest BCUT2D eigenvalue weighted by Crippen LogP contribution is 2.39. The highest BCUT2D eigenvalue weighted by Gasteiger charge is 2.39. The van der Waals surface area contributed by atoms with Crippen molar-refractivity contribution in [3.05, 3.63) is 23.5 Å². The van der Waals surface area contributed by atoms with Crippen molar-refractivity contribution in [1.29, 1.82) is 0 Å². The van der Waals surface area contributed by atoms with Gasteiger partial charge in [0.15, 0.2) is 0 Å². The van der Waals surface area contributed by atoms with Gasteiger partial charge in [0.1, 0.15) is 5.75 Å². The van der Waals surface area contributed by atoms with Gasteiger partial charge in [0.2, 0.25) is 5.92 Å². The van der Waals surface area contributed by atoms with Gasteiger partial charge in [-0.1, -0.05) is 20.8 Å². The van der Waals surface area contributed by atoms with Crippen molar-refractivity contribution >= 4 is 0 Å². The van der Waals surface area contributed by atoms with Crippen molar-refractivity contribution in [2.45, 2.75) is 58.3 Å². The molecule has 0 N–H and O–H groups in total. The first-order chi connectivity index (χ1) is 9.41. The van der Waals surface area contributed by atoms with Crippen LogP contribution in [0.3, 0.4) is 0 Å². The number of hydrogen-bond donors (Lipinski definition) is 0. The Bertz CT molecular complexity index is 460. The molecule has 0 bridgehead atoms. The molecule has 1 aromatic rings. The van der Waals surface area contributed by atoms with Crippen LogP contribution in [-0.2, 0) is 6.42 Å². The molecule has 4 heteroatoms. The van der Waals surface area contributed by atoms with E-state index in [4.69, 9.17) is 4.74 Å². The van der Waals surface area contributed by atoms with Crippen LogP contribution in [0, 0.1) is 5.92 Å². The molecule has 0 aromatic carbocycles. The second-order valence-electron chi connectivity index (χ2n) is 5.96. The SMILES string of the molecule is CCc1nc(C(C)C)ccc1OCC1CCC(F)(F)C1. The second-order valence-corrected chi connectivity index (χ2v) is 5.96. The predicted octanol–water partition coefficient (Wildman–Crippen LogP) is 4.58. The molecular weight excluding hydrogens is 260 g/mol. The topological polar surface area (TPSA) is 22.1 Å². The first kappa shape index (κ1) is 15.2. The number of hydrogen-bond acceptors (Lipinski definition) is 2. The van der Waals surface area contributed by atoms with E-state index in [2.05, 4.69) is 18.8 Å². The minimum absolute atomic E-state index is 0.00774. The number of pyridine rings is 1. The lowest BCUT2D eigenvalue weighted by Crippen LogP contribution is -2.14. The maximum atomic E-state index is 13.1. The molecule has 20 heavy (non-hydrogen) atoms. The Morgan fingerprint density at radius 2 is 2.15 bits per heavy atom. The fourth-order valence-electron chi connectivity index (χ4n) is 2.60. The molecule has 1 fully saturated rings. The quantitative estimate of drug-likeness (QED) is 0.789. The van der Waals surface area contributed by atoms with Gasteiger partial charge in [-0.15, -0.1) is 0 Å². The average molecular weight is 283 g/mol. The summed E-state index contributed by atoms with van der Waals surface area (Å²) in [5.74, 6) is -1.42. The van der Waals surface area contributed by atoms with Crippen LogP contribution in [-0.4, -0.2) is 17.5 Å². The zero-order chi connectivity index (χ0) is 14.8. The molecule has 112 valence electrons. The molecule has 2 rings (SSSR count). The number of aromatic nitrogens is 1. The molecule has 2 nitrogen and oxygen atoms in total. The van der Waals surface area contributed by atoms with Gasteiger partial charge in [-0.05, 0) is 36.8 Å². The molecule has 1 aliphatic rings. The van der Waals surface area contributed by atoms with Crippen LogP contribution in [0.25, 0.3) is 0 Å². The zero-order valence-corrected chi connectivity index (χ0v) is 12.5. The fourth-order valence-corrected chi connectivity index (χ4v) is 2.60. The van der Waals surface area contributed by atoms with Crippen molar-refractivity contribution in [3.8, 4) is 5.75 Å². The van der Waals surface area contributed by atoms with Gasteiger partial charge >= 0.3 is 0 Å². The van der Waals surface area contributed by atoms with Crippen LogP contribution in [0.5, 0.6) is 5.75 Å². The van der Waals surface area contributed by atoms with E-state index >= 15 is 0 Å². The van der Waals surface area contributed by atoms with Crippen molar-refractivity contribution in [2.24, 2.45) is 5.92 Å². The number of rotatable bonds is 5. The Hall–Kier alpha value is -1.19. The van der Waals surface area contributed by atoms with Gasteiger partial charge in [-0.25, -0.2) is 8.78 Å². The van der Waals surface area contributed by atoms with Crippen LogP contribution in [0.15, 0.2) is 12.1 Å². The molecule has 1 unspecified atom stereocenters. The van der Waals surface area contributed by atoms with Crippen molar-refractivity contribution in [3.63, 3.8) is 0 Å². The summed E-state index contributed by atoms with van der Waals surface area (Å²) in [6.07, 6.45) is 1.28. The summed E-state index contributed by atoms with van der Waals surface area (Å²) in [4.78, 5) is 4.59. The molecule has 1 aliphatic carbocycles. The first-order valence-electron chi connectivity index (χ1n) is 7.41. The Balaban J connectivity index is 1.99. The Morgan fingerprint density at radius 3 is 2.70 bits per heavy atom. The summed E-state index contributed by atoms with van der Waals surface area (Å²) < 4.78 is 32.0. The summed E-state index contributed by atoms with van der Waals surface area (Å²) in [5.41, 5.74) is 1.96. The van der Waals surface area contributed by atoms with E-state index in [0.29, 0.717) is 18.9 Å². The van der Waals surface area contributed by atoms with Crippen molar-refractivity contribution in [1.82, 2.24) is 4.98 Å². The molecule has 1 atom stereocenters. The largest absolute Gasteiger partial charge is 0.491 e. The average Bonchev–Trinajstić information content (AvgIpc) is 2.75. The monoisotopic (exact) mass is 283 g/mol. The molecule has 0 amide bonds. The predicted molar refractivity (Wildman–Crippen MR) is 75.5 cm³/mol. The van der Waals surface area contributed by atoms with Gasteiger partial charge in [-0.2, -0.15) is 0 Å². The molecule has 1 heterocycles. The van der Waals surface area contributed by atoms with Gasteiger partial charge in [0.25, 0.3) is 0 Å². The number of ether oxygens (including phenoxy) is 1. The van der Waals surface area contributed by atoms with Crippen molar-refractivity contribution < 1.29 is 13.5 Å². The van der Waals surface area contributed by atoms with E-state index in [1.807, 2.05) is 19.1 Å². The standard InChI is InChI=1S/C16H23F2NO/c1-4-13-15(6-5-14(19-13)11(2)3)20-10-12-7-8-16(17,18)9-12/h5-6,11-12H,4,7-10H2,1-3H3. The normalized spacial score (nSPS) is 21.4. The zero-order valence-electron chi connectivity index (χ0n) is 12.5. The van der Waals surface area contributed by atoms with E-state index in [1.54, 1.807) is 0 Å². The number of nitrogens with zero attached hydrogens (tertiary/aromatic N) is 1. The van der Waals surface area contributed by atoms with Gasteiger partial charge in [0.05, 0.1) is 12.3 Å². The van der Waals surface area contributed by atoms with Crippen LogP contribution in [0.1, 0.15) is 57.3 Å². The maximum Gasteiger partial charge on any atom is 0.248 e. The molecule has 0 saturated heterocycles. The smallest absolute Gasteiger partial charge is 0.248 e. The third-order valence-electron chi connectivity index (χ3n) is 3.86. The first-order valence-corrected chi connectivity index (χ1v) is 7.41. The minimum atomic E-state index is -2.50. The molecule has 1 saturated carbocycles. The third kappa shape index (κ3) is 3.68. The van der Waals surface area contributed by atoms with E-state index < -0.39 is 5.92 Å². The highest BCUT2D eigenvalue weighted by atomic mass is 19.3. The Morgan fingerprint density at radius 1 is 1.40 bits per heavy atom. The van der Waals surface area contributed by atoms with Crippen LogP contribution < -0.4 is 4.74 Å². The highest BCUT2D eigenvalue weighted by molar-refractivity contribution is 5.30. The summed E-state index contributed by atoms with van der Waals surface area (Å²) >= 11 is 0. The van der Waals surface area contributed by atoms with E-state index in [-0.39, 0.29) is 18.8 Å². The van der Waals surface area contributed by atoms with E-state index in [0.717, 1.165) is 23.6 Å². The lowest BCUT2D eigenvalue weighted by molar-refractivity contribution is 0.00290.